The van der Waals surface area contributed by atoms with Gasteiger partial charge < -0.3 is 4.74 Å². The van der Waals surface area contributed by atoms with Crippen LogP contribution in [0.4, 0.5) is 0 Å². The monoisotopic (exact) mass is 430 g/mol. The molecule has 0 atom stereocenters. The molecule has 0 spiro atoms. The van der Waals surface area contributed by atoms with Crippen molar-refractivity contribution in [3.63, 3.8) is 0 Å². The molecule has 0 radical (unpaired) electrons. The highest BCUT2D eigenvalue weighted by Gasteiger charge is 2.29. The van der Waals surface area contributed by atoms with Crippen LogP contribution in [0.2, 0.25) is 0 Å². The lowest BCUT2D eigenvalue weighted by Gasteiger charge is -2.33. The Balaban J connectivity index is 1.55. The van der Waals surface area contributed by atoms with Gasteiger partial charge in [-0.05, 0) is 56.0 Å². The molecule has 28 heavy (non-hydrogen) atoms. The van der Waals surface area contributed by atoms with Crippen LogP contribution in [0.25, 0.3) is 0 Å². The topological polar surface area (TPSA) is 84.0 Å². The van der Waals surface area contributed by atoms with Gasteiger partial charge in [-0.2, -0.15) is 4.31 Å². The van der Waals surface area contributed by atoms with Crippen molar-refractivity contribution in [3.8, 4) is 0 Å². The first-order valence-electron chi connectivity index (χ1n) is 9.96. The maximum atomic E-state index is 12.9. The molecular weight excluding hydrogens is 400 g/mol. The van der Waals surface area contributed by atoms with Crippen molar-refractivity contribution < 1.29 is 21.6 Å². The first-order valence-corrected chi connectivity index (χ1v) is 13.1. The first kappa shape index (κ1) is 21.7. The molecule has 0 amide bonds. The van der Waals surface area contributed by atoms with E-state index in [0.717, 1.165) is 52.1 Å². The Morgan fingerprint density at radius 1 is 0.929 bits per heavy atom. The molecule has 3 rings (SSSR count). The second kappa shape index (κ2) is 9.21. The maximum Gasteiger partial charge on any atom is 0.243 e. The van der Waals surface area contributed by atoms with Crippen LogP contribution in [0.15, 0.2) is 34.1 Å². The fraction of sp³-hybridized carbons (Fsp3) is 0.684. The summed E-state index contributed by atoms with van der Waals surface area (Å²) in [6, 6.07) is 5.59. The number of benzene rings is 1. The number of sulfonamides is 1. The minimum atomic E-state index is -3.58. The van der Waals surface area contributed by atoms with Crippen molar-refractivity contribution in [1.29, 1.82) is 0 Å². The molecule has 158 valence electrons. The number of morpholine rings is 1. The Bertz CT molecular complexity index is 839. The molecule has 2 aliphatic rings. The lowest BCUT2D eigenvalue weighted by atomic mass is 9.94. The fourth-order valence-electron chi connectivity index (χ4n) is 3.76. The number of nitrogens with zero attached hydrogens (tertiary/aromatic N) is 2. The Morgan fingerprint density at radius 3 is 2.07 bits per heavy atom. The number of hydrogen-bond donors (Lipinski definition) is 0. The minimum absolute atomic E-state index is 0.00291. The second-order valence-corrected chi connectivity index (χ2v) is 11.7. The van der Waals surface area contributed by atoms with Gasteiger partial charge in [0.1, 0.15) is 0 Å². The van der Waals surface area contributed by atoms with E-state index >= 15 is 0 Å². The predicted octanol–water partition coefficient (Wildman–Crippen LogP) is 1.60. The van der Waals surface area contributed by atoms with Gasteiger partial charge in [0.2, 0.25) is 10.0 Å². The van der Waals surface area contributed by atoms with Gasteiger partial charge in [-0.15, -0.1) is 0 Å². The molecule has 2 heterocycles. The molecule has 0 unspecified atom stereocenters. The van der Waals surface area contributed by atoms with Crippen LogP contribution in [-0.4, -0.2) is 77.7 Å². The summed E-state index contributed by atoms with van der Waals surface area (Å²) in [4.78, 5) is 2.74. The SMILES string of the molecule is CCS(=O)(=O)c1ccc(S(=O)(=O)N2CCC(CCN3CCOCC3)CC2)cc1. The van der Waals surface area contributed by atoms with E-state index in [2.05, 4.69) is 4.90 Å². The Morgan fingerprint density at radius 2 is 1.50 bits per heavy atom. The zero-order valence-electron chi connectivity index (χ0n) is 16.4. The van der Waals surface area contributed by atoms with E-state index in [1.807, 2.05) is 0 Å². The van der Waals surface area contributed by atoms with Crippen molar-refractivity contribution >= 4 is 19.9 Å². The third-order valence-electron chi connectivity index (χ3n) is 5.73. The molecule has 2 aliphatic heterocycles. The van der Waals surface area contributed by atoms with Gasteiger partial charge in [-0.25, -0.2) is 16.8 Å². The van der Waals surface area contributed by atoms with Gasteiger partial charge in [0.25, 0.3) is 0 Å². The zero-order valence-corrected chi connectivity index (χ0v) is 18.1. The van der Waals surface area contributed by atoms with E-state index in [4.69, 9.17) is 4.74 Å². The van der Waals surface area contributed by atoms with E-state index in [1.54, 1.807) is 6.92 Å². The molecular formula is C19H30N2O5S2. The second-order valence-electron chi connectivity index (χ2n) is 7.46. The number of ether oxygens (including phenoxy) is 1. The van der Waals surface area contributed by atoms with E-state index in [1.165, 1.54) is 28.6 Å². The lowest BCUT2D eigenvalue weighted by molar-refractivity contribution is 0.0343. The highest BCUT2D eigenvalue weighted by atomic mass is 32.2. The van der Waals surface area contributed by atoms with Crippen LogP contribution in [-0.2, 0) is 24.6 Å². The van der Waals surface area contributed by atoms with E-state index in [0.29, 0.717) is 19.0 Å². The summed E-state index contributed by atoms with van der Waals surface area (Å²) >= 11 is 0. The van der Waals surface area contributed by atoms with Crippen LogP contribution in [0, 0.1) is 5.92 Å². The minimum Gasteiger partial charge on any atom is -0.379 e. The molecule has 0 N–H and O–H groups in total. The summed E-state index contributed by atoms with van der Waals surface area (Å²) in [7, 11) is -6.91. The molecule has 7 nitrogen and oxygen atoms in total. The van der Waals surface area contributed by atoms with E-state index in [9.17, 15) is 16.8 Å². The van der Waals surface area contributed by atoms with Crippen LogP contribution < -0.4 is 0 Å². The van der Waals surface area contributed by atoms with Gasteiger partial charge in [0, 0.05) is 26.2 Å². The molecule has 2 fully saturated rings. The Kier molecular flexibility index (Phi) is 7.14. The van der Waals surface area contributed by atoms with Crippen LogP contribution in [0.5, 0.6) is 0 Å². The number of sulfone groups is 1. The van der Waals surface area contributed by atoms with Gasteiger partial charge in [-0.1, -0.05) is 6.92 Å². The highest BCUT2D eigenvalue weighted by molar-refractivity contribution is 7.91. The van der Waals surface area contributed by atoms with Gasteiger partial charge in [0.15, 0.2) is 9.84 Å². The molecule has 0 saturated carbocycles. The molecule has 0 aromatic heterocycles. The van der Waals surface area contributed by atoms with Crippen LogP contribution >= 0.6 is 0 Å². The molecule has 9 heteroatoms. The molecule has 2 saturated heterocycles. The average molecular weight is 431 g/mol. The molecule has 1 aromatic rings. The van der Waals surface area contributed by atoms with Gasteiger partial charge >= 0.3 is 0 Å². The van der Waals surface area contributed by atoms with E-state index in [-0.39, 0.29) is 15.5 Å². The van der Waals surface area contributed by atoms with E-state index < -0.39 is 19.9 Å². The van der Waals surface area contributed by atoms with Crippen molar-refractivity contribution in [2.75, 3.05) is 51.7 Å². The lowest BCUT2D eigenvalue weighted by Crippen LogP contribution is -2.40. The zero-order chi connectivity index (χ0) is 20.2. The summed E-state index contributed by atoms with van der Waals surface area (Å²) in [6.45, 7) is 7.23. The van der Waals surface area contributed by atoms with Crippen LogP contribution in [0.3, 0.4) is 0 Å². The van der Waals surface area contributed by atoms with Gasteiger partial charge in [0.05, 0.1) is 28.8 Å². The normalized spacial score (nSPS) is 21.0. The number of piperidine rings is 1. The third-order valence-corrected chi connectivity index (χ3v) is 9.39. The Labute approximate surface area is 168 Å². The quantitative estimate of drug-likeness (QED) is 0.653. The van der Waals surface area contributed by atoms with Crippen molar-refractivity contribution in [2.24, 2.45) is 5.92 Å². The maximum absolute atomic E-state index is 12.9. The smallest absolute Gasteiger partial charge is 0.243 e. The summed E-state index contributed by atoms with van der Waals surface area (Å²) in [6.07, 6.45) is 2.83. The number of hydrogen-bond acceptors (Lipinski definition) is 6. The molecule has 1 aromatic carbocycles. The average Bonchev–Trinajstić information content (AvgIpc) is 2.73. The van der Waals surface area contributed by atoms with Crippen LogP contribution in [0.1, 0.15) is 26.2 Å². The Hall–Kier alpha value is -1.00. The fourth-order valence-corrected chi connectivity index (χ4v) is 6.12. The molecule has 0 bridgehead atoms. The highest BCUT2D eigenvalue weighted by Crippen LogP contribution is 2.26. The molecule has 0 aliphatic carbocycles. The third kappa shape index (κ3) is 5.13. The summed E-state index contributed by atoms with van der Waals surface area (Å²) < 4.78 is 56.5. The summed E-state index contributed by atoms with van der Waals surface area (Å²) in [5.74, 6) is 0.545. The van der Waals surface area contributed by atoms with Crippen molar-refractivity contribution in [3.05, 3.63) is 24.3 Å². The number of rotatable bonds is 7. The summed E-state index contributed by atoms with van der Waals surface area (Å²) in [5, 5.41) is 0. The first-order chi connectivity index (χ1) is 13.3. The largest absolute Gasteiger partial charge is 0.379 e. The summed E-state index contributed by atoms with van der Waals surface area (Å²) in [5.41, 5.74) is 0. The van der Waals surface area contributed by atoms with Crippen molar-refractivity contribution in [1.82, 2.24) is 9.21 Å². The van der Waals surface area contributed by atoms with Crippen molar-refractivity contribution in [2.45, 2.75) is 36.0 Å². The predicted molar refractivity (Wildman–Crippen MR) is 108 cm³/mol. The van der Waals surface area contributed by atoms with Gasteiger partial charge in [-0.3, -0.25) is 4.90 Å². The standard InChI is InChI=1S/C19H30N2O5S2/c1-2-27(22,23)18-3-5-19(6-4-18)28(24,25)21-11-8-17(9-12-21)7-10-20-13-15-26-16-14-20/h3-6,17H,2,7-16H2,1H3.